The number of carbonyl (C=O) groups is 1. The summed E-state index contributed by atoms with van der Waals surface area (Å²) >= 11 is 0. The lowest BCUT2D eigenvalue weighted by molar-refractivity contribution is -0.143. The lowest BCUT2D eigenvalue weighted by Crippen LogP contribution is -2.31. The molecule has 1 aromatic rings. The first kappa shape index (κ1) is 13.0. The molecule has 0 aliphatic carbocycles. The topological polar surface area (TPSA) is 29.5 Å². The first-order chi connectivity index (χ1) is 8.72. The average molecular weight is 251 g/mol. The second-order valence-electron chi connectivity index (χ2n) is 4.60. The average Bonchev–Trinajstić information content (AvgIpc) is 2.89. The van der Waals surface area contributed by atoms with Gasteiger partial charge in [-0.25, -0.2) is 4.39 Å². The molecule has 0 bridgehead atoms. The van der Waals surface area contributed by atoms with Crippen molar-refractivity contribution in [3.05, 3.63) is 35.6 Å². The number of hydrogen-bond donors (Lipinski definition) is 0. The van der Waals surface area contributed by atoms with Crippen LogP contribution in [-0.4, -0.2) is 37.6 Å². The third-order valence-electron chi connectivity index (χ3n) is 3.41. The third kappa shape index (κ3) is 2.88. The van der Waals surface area contributed by atoms with Crippen molar-refractivity contribution in [2.45, 2.75) is 18.8 Å². The van der Waals surface area contributed by atoms with Crippen LogP contribution in [0.2, 0.25) is 0 Å². The number of nitrogens with zero attached hydrogens (tertiary/aromatic N) is 1. The maximum absolute atomic E-state index is 13.8. The van der Waals surface area contributed by atoms with Crippen molar-refractivity contribution >= 4 is 5.97 Å². The summed E-state index contributed by atoms with van der Waals surface area (Å²) in [5.74, 6) is -1.24. The summed E-state index contributed by atoms with van der Waals surface area (Å²) in [6, 6.07) is 6.42. The molecular formula is C14H18FNO2. The van der Waals surface area contributed by atoms with Crippen molar-refractivity contribution in [3.8, 4) is 0 Å². The van der Waals surface area contributed by atoms with Gasteiger partial charge in [0.15, 0.2) is 0 Å². The molecule has 1 unspecified atom stereocenters. The van der Waals surface area contributed by atoms with Crippen LogP contribution in [0, 0.1) is 5.82 Å². The van der Waals surface area contributed by atoms with Crippen LogP contribution in [-0.2, 0) is 9.53 Å². The fourth-order valence-corrected chi connectivity index (χ4v) is 2.42. The van der Waals surface area contributed by atoms with E-state index in [0.717, 1.165) is 25.9 Å². The van der Waals surface area contributed by atoms with E-state index in [0.29, 0.717) is 12.1 Å². The Morgan fingerprint density at radius 2 is 2.06 bits per heavy atom. The molecule has 1 aliphatic rings. The van der Waals surface area contributed by atoms with E-state index in [1.807, 2.05) is 0 Å². The molecular weight excluding hydrogens is 233 g/mol. The molecule has 3 nitrogen and oxygen atoms in total. The highest BCUT2D eigenvalue weighted by atomic mass is 19.1. The fraction of sp³-hybridized carbons (Fsp3) is 0.500. The van der Waals surface area contributed by atoms with E-state index in [2.05, 4.69) is 4.90 Å². The van der Waals surface area contributed by atoms with Crippen molar-refractivity contribution in [2.75, 3.05) is 26.7 Å². The number of ether oxygens (including phenoxy) is 1. The third-order valence-corrected chi connectivity index (χ3v) is 3.41. The number of rotatable bonds is 4. The van der Waals surface area contributed by atoms with E-state index in [1.165, 1.54) is 13.2 Å². The Morgan fingerprint density at radius 1 is 1.39 bits per heavy atom. The molecule has 0 amide bonds. The van der Waals surface area contributed by atoms with Crippen molar-refractivity contribution in [1.29, 1.82) is 0 Å². The van der Waals surface area contributed by atoms with Gasteiger partial charge in [-0.2, -0.15) is 0 Å². The van der Waals surface area contributed by atoms with E-state index in [4.69, 9.17) is 4.74 Å². The maximum Gasteiger partial charge on any atom is 0.314 e. The normalized spacial score (nSPS) is 17.7. The summed E-state index contributed by atoms with van der Waals surface area (Å²) in [6.45, 7) is 2.48. The highest BCUT2D eigenvalue weighted by molar-refractivity contribution is 5.78. The Bertz CT molecular complexity index is 416. The van der Waals surface area contributed by atoms with E-state index in [-0.39, 0.29) is 11.8 Å². The number of hydrogen-bond acceptors (Lipinski definition) is 3. The standard InChI is InChI=1S/C14H18FNO2/c1-18-14(17)12(10-16-8-4-5-9-16)11-6-2-3-7-13(11)15/h2-3,6-7,12H,4-5,8-10H2,1H3. The van der Waals surface area contributed by atoms with Crippen LogP contribution < -0.4 is 0 Å². The van der Waals surface area contributed by atoms with Crippen molar-refractivity contribution < 1.29 is 13.9 Å². The molecule has 0 radical (unpaired) electrons. The van der Waals surface area contributed by atoms with E-state index in [9.17, 15) is 9.18 Å². The minimum absolute atomic E-state index is 0.341. The van der Waals surface area contributed by atoms with Crippen LogP contribution in [0.1, 0.15) is 24.3 Å². The van der Waals surface area contributed by atoms with Crippen LogP contribution in [0.5, 0.6) is 0 Å². The van der Waals surface area contributed by atoms with Gasteiger partial charge in [0.2, 0.25) is 0 Å². The molecule has 4 heteroatoms. The van der Waals surface area contributed by atoms with E-state index in [1.54, 1.807) is 18.2 Å². The van der Waals surface area contributed by atoms with Gasteiger partial charge in [0.25, 0.3) is 0 Å². The quantitative estimate of drug-likeness (QED) is 0.768. The zero-order valence-corrected chi connectivity index (χ0v) is 10.6. The molecule has 0 aromatic heterocycles. The number of likely N-dealkylation sites (tertiary alicyclic amines) is 1. The lowest BCUT2D eigenvalue weighted by Gasteiger charge is -2.22. The fourth-order valence-electron chi connectivity index (χ4n) is 2.42. The zero-order valence-electron chi connectivity index (χ0n) is 10.6. The van der Waals surface area contributed by atoms with Gasteiger partial charge < -0.3 is 9.64 Å². The number of esters is 1. The van der Waals surface area contributed by atoms with Gasteiger partial charge in [-0.3, -0.25) is 4.79 Å². The van der Waals surface area contributed by atoms with Crippen LogP contribution in [0.4, 0.5) is 4.39 Å². The van der Waals surface area contributed by atoms with E-state index >= 15 is 0 Å². The Balaban J connectivity index is 2.19. The highest BCUT2D eigenvalue weighted by Gasteiger charge is 2.27. The van der Waals surface area contributed by atoms with Gasteiger partial charge in [-0.05, 0) is 32.0 Å². The second kappa shape index (κ2) is 5.96. The largest absolute Gasteiger partial charge is 0.469 e. The Morgan fingerprint density at radius 3 is 2.67 bits per heavy atom. The number of benzene rings is 1. The second-order valence-corrected chi connectivity index (χ2v) is 4.60. The molecule has 1 fully saturated rings. The monoisotopic (exact) mass is 251 g/mol. The van der Waals surface area contributed by atoms with Crippen molar-refractivity contribution in [1.82, 2.24) is 4.90 Å². The minimum Gasteiger partial charge on any atom is -0.469 e. The van der Waals surface area contributed by atoms with Crippen LogP contribution in [0.3, 0.4) is 0 Å². The molecule has 1 heterocycles. The summed E-state index contributed by atoms with van der Waals surface area (Å²) in [5.41, 5.74) is 0.427. The first-order valence-electron chi connectivity index (χ1n) is 6.27. The Hall–Kier alpha value is -1.42. The molecule has 98 valence electrons. The molecule has 1 aliphatic heterocycles. The lowest BCUT2D eigenvalue weighted by atomic mass is 9.98. The van der Waals surface area contributed by atoms with Gasteiger partial charge >= 0.3 is 5.97 Å². The van der Waals surface area contributed by atoms with Crippen molar-refractivity contribution in [3.63, 3.8) is 0 Å². The first-order valence-corrected chi connectivity index (χ1v) is 6.27. The smallest absolute Gasteiger partial charge is 0.314 e. The Kier molecular flexibility index (Phi) is 4.31. The zero-order chi connectivity index (χ0) is 13.0. The predicted octanol–water partition coefficient (Wildman–Crippen LogP) is 2.18. The number of halogens is 1. The molecule has 0 N–H and O–H groups in total. The molecule has 2 rings (SSSR count). The maximum atomic E-state index is 13.8. The van der Waals surface area contributed by atoms with Gasteiger partial charge in [0.05, 0.1) is 13.0 Å². The summed E-state index contributed by atoms with van der Waals surface area (Å²) in [5, 5.41) is 0. The summed E-state index contributed by atoms with van der Waals surface area (Å²) in [6.07, 6.45) is 2.29. The van der Waals surface area contributed by atoms with Gasteiger partial charge in [0.1, 0.15) is 5.82 Å². The van der Waals surface area contributed by atoms with Crippen LogP contribution in [0.15, 0.2) is 24.3 Å². The highest BCUT2D eigenvalue weighted by Crippen LogP contribution is 2.23. The van der Waals surface area contributed by atoms with Gasteiger partial charge in [-0.15, -0.1) is 0 Å². The van der Waals surface area contributed by atoms with Crippen molar-refractivity contribution in [2.24, 2.45) is 0 Å². The Labute approximate surface area is 107 Å². The summed E-state index contributed by atoms with van der Waals surface area (Å²) < 4.78 is 18.6. The molecule has 0 saturated carbocycles. The van der Waals surface area contributed by atoms with Crippen LogP contribution >= 0.6 is 0 Å². The van der Waals surface area contributed by atoms with Crippen LogP contribution in [0.25, 0.3) is 0 Å². The molecule has 1 saturated heterocycles. The van der Waals surface area contributed by atoms with E-state index < -0.39 is 5.92 Å². The molecule has 1 atom stereocenters. The predicted molar refractivity (Wildman–Crippen MR) is 66.8 cm³/mol. The molecule has 1 aromatic carbocycles. The summed E-state index contributed by atoms with van der Waals surface area (Å²) in [4.78, 5) is 14.0. The van der Waals surface area contributed by atoms with Gasteiger partial charge in [-0.1, -0.05) is 18.2 Å². The molecule has 0 spiro atoms. The number of carbonyl (C=O) groups excluding carboxylic acids is 1. The summed E-state index contributed by atoms with van der Waals surface area (Å²) in [7, 11) is 1.35. The SMILES string of the molecule is COC(=O)C(CN1CCCC1)c1ccccc1F. The number of methoxy groups -OCH3 is 1. The minimum atomic E-state index is -0.533. The molecule has 18 heavy (non-hydrogen) atoms. The van der Waals surface area contributed by atoms with Gasteiger partial charge in [0, 0.05) is 12.1 Å².